The number of para-hydroxylation sites is 1. The maximum absolute atomic E-state index is 6.39. The Morgan fingerprint density at radius 3 is 1.24 bits per heavy atom. The topological polar surface area (TPSA) is 51.8 Å². The summed E-state index contributed by atoms with van der Waals surface area (Å²) >= 11 is 0. The van der Waals surface area contributed by atoms with Crippen LogP contribution in [0.4, 0.5) is 0 Å². The number of furan rings is 1. The van der Waals surface area contributed by atoms with Crippen LogP contribution in [0.5, 0.6) is 0 Å². The fraction of sp³-hybridized carbons (Fsp3) is 0. The summed E-state index contributed by atoms with van der Waals surface area (Å²) in [5.74, 6) is 1.92. The first kappa shape index (κ1) is 29.0. The molecule has 0 saturated heterocycles. The van der Waals surface area contributed by atoms with E-state index in [4.69, 9.17) is 19.4 Å². The Morgan fingerprint density at radius 1 is 0.275 bits per heavy atom. The Morgan fingerprint density at radius 2 is 0.667 bits per heavy atom. The van der Waals surface area contributed by atoms with Gasteiger partial charge in [0, 0.05) is 27.5 Å². The van der Waals surface area contributed by atoms with Crippen LogP contribution in [0.3, 0.4) is 0 Å². The zero-order valence-corrected chi connectivity index (χ0v) is 27.5. The van der Waals surface area contributed by atoms with Gasteiger partial charge in [-0.25, -0.2) is 15.0 Å². The van der Waals surface area contributed by atoms with Crippen molar-refractivity contribution < 1.29 is 4.42 Å². The van der Waals surface area contributed by atoms with Crippen LogP contribution >= 0.6 is 0 Å². The smallest absolute Gasteiger partial charge is 0.164 e. The highest BCUT2D eigenvalue weighted by atomic mass is 16.3. The molecule has 2 heterocycles. The molecule has 0 aliphatic rings. The molecule has 0 aliphatic carbocycles. The number of hydrogen-bond acceptors (Lipinski definition) is 4. The summed E-state index contributed by atoms with van der Waals surface area (Å²) in [5.41, 5.74) is 9.17. The van der Waals surface area contributed by atoms with Crippen molar-refractivity contribution >= 4 is 43.5 Å². The van der Waals surface area contributed by atoms with E-state index in [2.05, 4.69) is 103 Å². The van der Waals surface area contributed by atoms with Crippen LogP contribution in [-0.4, -0.2) is 15.0 Å². The van der Waals surface area contributed by atoms with E-state index < -0.39 is 0 Å². The molecule has 4 heteroatoms. The second-order valence-electron chi connectivity index (χ2n) is 12.8. The molecule has 0 radical (unpaired) electrons. The molecule has 0 spiro atoms. The van der Waals surface area contributed by atoms with Gasteiger partial charge in [0.2, 0.25) is 0 Å². The zero-order chi connectivity index (χ0) is 33.7. The van der Waals surface area contributed by atoms with Crippen molar-refractivity contribution in [1.29, 1.82) is 0 Å². The molecule has 51 heavy (non-hydrogen) atoms. The molecule has 238 valence electrons. The average Bonchev–Trinajstić information content (AvgIpc) is 3.59. The lowest BCUT2D eigenvalue weighted by atomic mass is 9.84. The molecule has 0 saturated carbocycles. The summed E-state index contributed by atoms with van der Waals surface area (Å²) < 4.78 is 6.39. The van der Waals surface area contributed by atoms with Gasteiger partial charge in [-0.05, 0) is 62.0 Å². The molecular weight excluding hydrogens is 623 g/mol. The van der Waals surface area contributed by atoms with Crippen LogP contribution in [0.25, 0.3) is 99.9 Å². The Labute approximate surface area is 294 Å². The lowest BCUT2D eigenvalue weighted by Crippen LogP contribution is -2.00. The molecule has 0 atom stereocenters. The first-order chi connectivity index (χ1) is 25.3. The molecule has 0 amide bonds. The predicted molar refractivity (Wildman–Crippen MR) is 209 cm³/mol. The minimum atomic E-state index is 0.633. The van der Waals surface area contributed by atoms with Crippen molar-refractivity contribution in [2.45, 2.75) is 0 Å². The maximum atomic E-state index is 6.39. The minimum Gasteiger partial charge on any atom is -0.456 e. The van der Waals surface area contributed by atoms with Gasteiger partial charge in [0.05, 0.1) is 0 Å². The van der Waals surface area contributed by atoms with Gasteiger partial charge in [-0.1, -0.05) is 158 Å². The fourth-order valence-electron chi connectivity index (χ4n) is 7.35. The van der Waals surface area contributed by atoms with E-state index in [0.29, 0.717) is 17.5 Å². The van der Waals surface area contributed by atoms with Gasteiger partial charge in [-0.15, -0.1) is 0 Å². The van der Waals surface area contributed by atoms with E-state index in [1.54, 1.807) is 0 Å². The SMILES string of the molecule is c1ccc(-c2nc(-c3ccccc3)nc(-c3ccc(-c4c(-c5ccc6c(c5)oc5ccccc56)c5ccccc5c5ccccc45)cc3)n2)cc1. The van der Waals surface area contributed by atoms with Gasteiger partial charge in [0.25, 0.3) is 0 Å². The monoisotopic (exact) mass is 651 g/mol. The van der Waals surface area contributed by atoms with E-state index in [1.807, 2.05) is 72.8 Å². The minimum absolute atomic E-state index is 0.633. The molecule has 0 fully saturated rings. The molecule has 2 aromatic heterocycles. The van der Waals surface area contributed by atoms with Crippen molar-refractivity contribution in [3.63, 3.8) is 0 Å². The van der Waals surface area contributed by atoms with Gasteiger partial charge in [0.15, 0.2) is 17.5 Å². The third kappa shape index (κ3) is 4.96. The standard InChI is InChI=1S/C47H29N3O/c1-3-13-31(14-4-1)45-48-46(32-15-5-2-6-16-32)50-47(49-45)33-25-23-30(24-26-33)43-39-20-9-7-17-35(39)36-18-8-10-21-40(36)44(43)34-27-28-38-37-19-11-12-22-41(37)51-42(38)29-34/h1-29H. The lowest BCUT2D eigenvalue weighted by Gasteiger charge is -2.19. The second kappa shape index (κ2) is 11.9. The molecule has 0 unspecified atom stereocenters. The number of aromatic nitrogens is 3. The van der Waals surface area contributed by atoms with E-state index in [1.165, 1.54) is 32.7 Å². The molecule has 8 aromatic carbocycles. The summed E-state index contributed by atoms with van der Waals surface area (Å²) in [4.78, 5) is 14.8. The van der Waals surface area contributed by atoms with Crippen LogP contribution in [0.1, 0.15) is 0 Å². The summed E-state index contributed by atoms with van der Waals surface area (Å²) in [5, 5.41) is 7.08. The molecule has 0 aliphatic heterocycles. The van der Waals surface area contributed by atoms with Crippen molar-refractivity contribution in [2.75, 3.05) is 0 Å². The Hall–Kier alpha value is -6.91. The molecule has 4 nitrogen and oxygen atoms in total. The summed E-state index contributed by atoms with van der Waals surface area (Å²) in [7, 11) is 0. The molecule has 10 rings (SSSR count). The zero-order valence-electron chi connectivity index (χ0n) is 27.5. The average molecular weight is 652 g/mol. The number of rotatable bonds is 5. The van der Waals surface area contributed by atoms with Crippen LogP contribution in [-0.2, 0) is 0 Å². The first-order valence-electron chi connectivity index (χ1n) is 17.1. The highest BCUT2D eigenvalue weighted by Crippen LogP contribution is 2.46. The fourth-order valence-corrected chi connectivity index (χ4v) is 7.35. The van der Waals surface area contributed by atoms with Crippen LogP contribution in [0.2, 0.25) is 0 Å². The Balaban J connectivity index is 1.18. The number of fused-ring (bicyclic) bond motifs is 6. The van der Waals surface area contributed by atoms with Crippen molar-refractivity contribution in [3.8, 4) is 56.4 Å². The van der Waals surface area contributed by atoms with Crippen molar-refractivity contribution in [2.24, 2.45) is 0 Å². The molecule has 0 N–H and O–H groups in total. The Kier molecular flexibility index (Phi) is 6.78. The van der Waals surface area contributed by atoms with Gasteiger partial charge < -0.3 is 4.42 Å². The Bertz CT molecular complexity index is 2840. The largest absolute Gasteiger partial charge is 0.456 e. The maximum Gasteiger partial charge on any atom is 0.164 e. The predicted octanol–water partition coefficient (Wildman–Crippen LogP) is 12.4. The second-order valence-corrected chi connectivity index (χ2v) is 12.8. The quantitative estimate of drug-likeness (QED) is 0.174. The third-order valence-electron chi connectivity index (χ3n) is 9.73. The number of nitrogens with zero attached hydrogens (tertiary/aromatic N) is 3. The van der Waals surface area contributed by atoms with Gasteiger partial charge in [-0.2, -0.15) is 0 Å². The number of benzene rings is 8. The van der Waals surface area contributed by atoms with Gasteiger partial charge in [-0.3, -0.25) is 0 Å². The molecule has 0 bridgehead atoms. The van der Waals surface area contributed by atoms with E-state index >= 15 is 0 Å². The van der Waals surface area contributed by atoms with E-state index in [0.717, 1.165) is 49.8 Å². The van der Waals surface area contributed by atoms with Crippen LogP contribution in [0.15, 0.2) is 180 Å². The molecular formula is C47H29N3O. The normalized spacial score (nSPS) is 11.5. The van der Waals surface area contributed by atoms with Crippen LogP contribution < -0.4 is 0 Å². The van der Waals surface area contributed by atoms with E-state index in [-0.39, 0.29) is 0 Å². The first-order valence-corrected chi connectivity index (χ1v) is 17.1. The van der Waals surface area contributed by atoms with Gasteiger partial charge in [0.1, 0.15) is 11.2 Å². The summed E-state index contributed by atoms with van der Waals surface area (Å²) in [6.45, 7) is 0. The highest BCUT2D eigenvalue weighted by molar-refractivity contribution is 6.22. The summed E-state index contributed by atoms with van der Waals surface area (Å²) in [6, 6.07) is 61.1. The lowest BCUT2D eigenvalue weighted by molar-refractivity contribution is 0.669. The highest BCUT2D eigenvalue weighted by Gasteiger charge is 2.19. The van der Waals surface area contributed by atoms with E-state index in [9.17, 15) is 0 Å². The van der Waals surface area contributed by atoms with Crippen molar-refractivity contribution in [1.82, 2.24) is 15.0 Å². The van der Waals surface area contributed by atoms with Crippen LogP contribution in [0, 0.1) is 0 Å². The number of hydrogen-bond donors (Lipinski definition) is 0. The molecule has 10 aromatic rings. The van der Waals surface area contributed by atoms with Gasteiger partial charge >= 0.3 is 0 Å². The van der Waals surface area contributed by atoms with Crippen molar-refractivity contribution in [3.05, 3.63) is 176 Å². The summed E-state index contributed by atoms with van der Waals surface area (Å²) in [6.07, 6.45) is 0. The third-order valence-corrected chi connectivity index (χ3v) is 9.73.